The van der Waals surface area contributed by atoms with E-state index in [1.807, 2.05) is 6.07 Å². The highest BCUT2D eigenvalue weighted by molar-refractivity contribution is 5.11. The van der Waals surface area contributed by atoms with E-state index in [4.69, 9.17) is 5.73 Å². The number of aromatic nitrogens is 1. The summed E-state index contributed by atoms with van der Waals surface area (Å²) in [5.41, 5.74) is 7.77. The number of hydrogen-bond donors (Lipinski definition) is 1. The molecule has 0 radical (unpaired) electrons. The third-order valence-corrected chi connectivity index (χ3v) is 3.69. The van der Waals surface area contributed by atoms with E-state index in [1.165, 1.54) is 25.7 Å². The summed E-state index contributed by atoms with van der Waals surface area (Å²) in [7, 11) is 0. The van der Waals surface area contributed by atoms with Crippen LogP contribution in [0.5, 0.6) is 0 Å². The molecular weight excluding hydrogens is 210 g/mol. The zero-order chi connectivity index (χ0) is 12.1. The van der Waals surface area contributed by atoms with Gasteiger partial charge in [0.1, 0.15) is 0 Å². The highest BCUT2D eigenvalue weighted by atomic mass is 15.2. The van der Waals surface area contributed by atoms with Crippen LogP contribution < -0.4 is 5.73 Å². The topological polar surface area (TPSA) is 42.1 Å². The van der Waals surface area contributed by atoms with Crippen LogP contribution in [0.3, 0.4) is 0 Å². The van der Waals surface area contributed by atoms with Gasteiger partial charge < -0.3 is 5.73 Å². The van der Waals surface area contributed by atoms with Crippen molar-refractivity contribution in [2.24, 2.45) is 5.73 Å². The van der Waals surface area contributed by atoms with Gasteiger partial charge in [-0.3, -0.25) is 9.88 Å². The third-order valence-electron chi connectivity index (χ3n) is 3.69. The van der Waals surface area contributed by atoms with E-state index in [9.17, 15) is 0 Å². The second-order valence-electron chi connectivity index (χ2n) is 4.83. The lowest BCUT2D eigenvalue weighted by Crippen LogP contribution is -2.32. The molecule has 0 amide bonds. The van der Waals surface area contributed by atoms with Crippen molar-refractivity contribution in [2.75, 3.05) is 6.54 Å². The third kappa shape index (κ3) is 3.27. The summed E-state index contributed by atoms with van der Waals surface area (Å²) in [6, 6.07) is 6.93. The van der Waals surface area contributed by atoms with E-state index < -0.39 is 0 Å². The van der Waals surface area contributed by atoms with Gasteiger partial charge in [0, 0.05) is 19.1 Å². The van der Waals surface area contributed by atoms with Gasteiger partial charge in [-0.1, -0.05) is 25.8 Å². The van der Waals surface area contributed by atoms with Gasteiger partial charge in [-0.2, -0.15) is 0 Å². The molecule has 3 heteroatoms. The average Bonchev–Trinajstić information content (AvgIpc) is 2.90. The number of rotatable bonds is 5. The van der Waals surface area contributed by atoms with Crippen LogP contribution in [0.4, 0.5) is 0 Å². The monoisotopic (exact) mass is 233 g/mol. The van der Waals surface area contributed by atoms with E-state index in [2.05, 4.69) is 28.9 Å². The Bertz CT molecular complexity index is 345. The summed E-state index contributed by atoms with van der Waals surface area (Å²) in [5, 5.41) is 0. The Morgan fingerprint density at radius 1 is 1.29 bits per heavy atom. The summed E-state index contributed by atoms with van der Waals surface area (Å²) in [6.45, 7) is 4.85. The van der Waals surface area contributed by atoms with Crippen LogP contribution in [0, 0.1) is 0 Å². The molecule has 1 fully saturated rings. The van der Waals surface area contributed by atoms with E-state index in [1.54, 1.807) is 0 Å². The maximum absolute atomic E-state index is 5.63. The standard InChI is InChI=1S/C14H23N3/c1-2-17(14-8-3-4-9-14)11-13-7-5-6-12(10-15)16-13/h5-7,14H,2-4,8-11,15H2,1H3. The molecule has 2 N–H and O–H groups in total. The van der Waals surface area contributed by atoms with Crippen LogP contribution in [0.1, 0.15) is 44.0 Å². The van der Waals surface area contributed by atoms with Gasteiger partial charge in [0.2, 0.25) is 0 Å². The zero-order valence-electron chi connectivity index (χ0n) is 10.7. The van der Waals surface area contributed by atoms with Crippen molar-refractivity contribution in [3.05, 3.63) is 29.6 Å². The Morgan fingerprint density at radius 3 is 2.65 bits per heavy atom. The minimum absolute atomic E-state index is 0.531. The first-order chi connectivity index (χ1) is 8.33. The molecule has 0 aromatic carbocycles. The van der Waals surface area contributed by atoms with Crippen LogP contribution in [-0.4, -0.2) is 22.5 Å². The van der Waals surface area contributed by atoms with E-state index in [-0.39, 0.29) is 0 Å². The normalized spacial score (nSPS) is 16.9. The molecule has 1 aliphatic rings. The maximum atomic E-state index is 5.63. The second kappa shape index (κ2) is 6.12. The van der Waals surface area contributed by atoms with Gasteiger partial charge in [0.25, 0.3) is 0 Å². The Kier molecular flexibility index (Phi) is 4.51. The largest absolute Gasteiger partial charge is 0.325 e. The second-order valence-corrected chi connectivity index (χ2v) is 4.83. The van der Waals surface area contributed by atoms with Crippen molar-refractivity contribution in [3.8, 4) is 0 Å². The fourth-order valence-electron chi connectivity index (χ4n) is 2.71. The minimum atomic E-state index is 0.531. The van der Waals surface area contributed by atoms with E-state index >= 15 is 0 Å². The molecule has 0 saturated heterocycles. The van der Waals surface area contributed by atoms with E-state index in [0.717, 1.165) is 30.5 Å². The molecule has 0 aliphatic heterocycles. The van der Waals surface area contributed by atoms with Crippen molar-refractivity contribution < 1.29 is 0 Å². The molecule has 1 aromatic heterocycles. The Hall–Kier alpha value is -0.930. The van der Waals surface area contributed by atoms with Crippen LogP contribution in [-0.2, 0) is 13.1 Å². The van der Waals surface area contributed by atoms with Crippen molar-refractivity contribution >= 4 is 0 Å². The van der Waals surface area contributed by atoms with Crippen molar-refractivity contribution in [2.45, 2.75) is 51.7 Å². The first kappa shape index (κ1) is 12.5. The molecule has 0 bridgehead atoms. The highest BCUT2D eigenvalue weighted by Gasteiger charge is 2.21. The first-order valence-electron chi connectivity index (χ1n) is 6.72. The molecule has 3 nitrogen and oxygen atoms in total. The molecule has 2 rings (SSSR count). The highest BCUT2D eigenvalue weighted by Crippen LogP contribution is 2.24. The quantitative estimate of drug-likeness (QED) is 0.848. The minimum Gasteiger partial charge on any atom is -0.325 e. The lowest BCUT2D eigenvalue weighted by atomic mass is 10.2. The van der Waals surface area contributed by atoms with Crippen LogP contribution in [0.2, 0.25) is 0 Å². The van der Waals surface area contributed by atoms with Crippen LogP contribution in [0.25, 0.3) is 0 Å². The zero-order valence-corrected chi connectivity index (χ0v) is 10.7. The summed E-state index contributed by atoms with van der Waals surface area (Å²) in [6.07, 6.45) is 5.48. The van der Waals surface area contributed by atoms with Gasteiger partial charge in [-0.25, -0.2) is 0 Å². The van der Waals surface area contributed by atoms with Gasteiger partial charge in [-0.05, 0) is 31.5 Å². The number of nitrogens with two attached hydrogens (primary N) is 1. The number of nitrogens with zero attached hydrogens (tertiary/aromatic N) is 2. The van der Waals surface area contributed by atoms with E-state index in [0.29, 0.717) is 6.54 Å². The lowest BCUT2D eigenvalue weighted by Gasteiger charge is -2.27. The SMILES string of the molecule is CCN(Cc1cccc(CN)n1)C1CCCC1. The summed E-state index contributed by atoms with van der Waals surface area (Å²) < 4.78 is 0. The fraction of sp³-hybridized carbons (Fsp3) is 0.643. The molecule has 1 heterocycles. The van der Waals surface area contributed by atoms with Gasteiger partial charge in [-0.15, -0.1) is 0 Å². The predicted molar refractivity (Wildman–Crippen MR) is 70.5 cm³/mol. The predicted octanol–water partition coefficient (Wildman–Crippen LogP) is 2.30. The molecule has 17 heavy (non-hydrogen) atoms. The lowest BCUT2D eigenvalue weighted by molar-refractivity contribution is 0.198. The molecular formula is C14H23N3. The first-order valence-corrected chi connectivity index (χ1v) is 6.72. The van der Waals surface area contributed by atoms with Gasteiger partial charge in [0.15, 0.2) is 0 Å². The average molecular weight is 233 g/mol. The number of pyridine rings is 1. The maximum Gasteiger partial charge on any atom is 0.0547 e. The van der Waals surface area contributed by atoms with Crippen molar-refractivity contribution in [1.82, 2.24) is 9.88 Å². The molecule has 0 atom stereocenters. The summed E-state index contributed by atoms with van der Waals surface area (Å²) in [5.74, 6) is 0. The molecule has 0 spiro atoms. The molecule has 94 valence electrons. The summed E-state index contributed by atoms with van der Waals surface area (Å²) >= 11 is 0. The van der Waals surface area contributed by atoms with Crippen LogP contribution >= 0.6 is 0 Å². The fourth-order valence-corrected chi connectivity index (χ4v) is 2.71. The molecule has 1 aliphatic carbocycles. The summed E-state index contributed by atoms with van der Waals surface area (Å²) in [4.78, 5) is 7.13. The molecule has 1 aromatic rings. The van der Waals surface area contributed by atoms with Gasteiger partial charge >= 0.3 is 0 Å². The smallest absolute Gasteiger partial charge is 0.0547 e. The molecule has 1 saturated carbocycles. The van der Waals surface area contributed by atoms with Crippen LogP contribution in [0.15, 0.2) is 18.2 Å². The Labute approximate surface area is 104 Å². The number of hydrogen-bond acceptors (Lipinski definition) is 3. The molecule has 0 unspecified atom stereocenters. The Balaban J connectivity index is 2.01. The Morgan fingerprint density at radius 2 is 2.00 bits per heavy atom. The van der Waals surface area contributed by atoms with Crippen molar-refractivity contribution in [3.63, 3.8) is 0 Å². The van der Waals surface area contributed by atoms with Crippen molar-refractivity contribution in [1.29, 1.82) is 0 Å². The van der Waals surface area contributed by atoms with Gasteiger partial charge in [0.05, 0.1) is 11.4 Å².